The van der Waals surface area contributed by atoms with Crippen LogP contribution in [0.15, 0.2) is 97.1 Å². The van der Waals surface area contributed by atoms with Gasteiger partial charge in [-0.25, -0.2) is 4.79 Å². The van der Waals surface area contributed by atoms with Crippen molar-refractivity contribution >= 4 is 35.8 Å². The van der Waals surface area contributed by atoms with Crippen molar-refractivity contribution in [3.63, 3.8) is 0 Å². The summed E-state index contributed by atoms with van der Waals surface area (Å²) in [6, 6.07) is 31.4. The number of nitrogens with one attached hydrogen (secondary N) is 1. The van der Waals surface area contributed by atoms with E-state index in [-0.39, 0.29) is 5.91 Å². The first-order valence-corrected chi connectivity index (χ1v) is 14.4. The van der Waals surface area contributed by atoms with E-state index in [1.807, 2.05) is 61.7 Å². The van der Waals surface area contributed by atoms with E-state index in [4.69, 9.17) is 0 Å². The molecule has 1 amide bonds. The Morgan fingerprint density at radius 3 is 2.33 bits per heavy atom. The van der Waals surface area contributed by atoms with Crippen molar-refractivity contribution in [2.75, 3.05) is 12.0 Å². The largest absolute Gasteiger partial charge is 0.480 e. The van der Waals surface area contributed by atoms with Gasteiger partial charge in [-0.3, -0.25) is 4.79 Å². The maximum Gasteiger partial charge on any atom is 0.326 e. The molecule has 0 spiro atoms. The first-order chi connectivity index (χ1) is 19.0. The van der Waals surface area contributed by atoms with E-state index in [1.165, 1.54) is 11.1 Å². The molecule has 4 rings (SSSR count). The monoisotopic (exact) mass is 535 g/mol. The molecular formula is C34H33NO3S. The molecule has 0 aliphatic heterocycles. The van der Waals surface area contributed by atoms with E-state index < -0.39 is 12.0 Å². The minimum Gasteiger partial charge on any atom is -0.480 e. The van der Waals surface area contributed by atoms with Gasteiger partial charge in [0.1, 0.15) is 6.04 Å². The van der Waals surface area contributed by atoms with Gasteiger partial charge in [-0.2, -0.15) is 11.8 Å². The average Bonchev–Trinajstić information content (AvgIpc) is 2.95. The van der Waals surface area contributed by atoms with Gasteiger partial charge in [0, 0.05) is 5.56 Å². The number of hydrogen-bond donors (Lipinski definition) is 2. The van der Waals surface area contributed by atoms with E-state index in [9.17, 15) is 14.7 Å². The Morgan fingerprint density at radius 1 is 0.872 bits per heavy atom. The highest BCUT2D eigenvalue weighted by molar-refractivity contribution is 7.98. The van der Waals surface area contributed by atoms with Gasteiger partial charge in [-0.15, -0.1) is 0 Å². The normalized spacial score (nSPS) is 11.8. The van der Waals surface area contributed by atoms with Crippen molar-refractivity contribution in [2.24, 2.45) is 0 Å². The minimum atomic E-state index is -1.02. The lowest BCUT2D eigenvalue weighted by Gasteiger charge is -2.17. The Bertz CT molecular complexity index is 1460. The summed E-state index contributed by atoms with van der Waals surface area (Å²) in [5.74, 6) is -0.758. The summed E-state index contributed by atoms with van der Waals surface area (Å²) >= 11 is 1.56. The van der Waals surface area contributed by atoms with Crippen molar-refractivity contribution in [2.45, 2.75) is 25.8 Å². The predicted molar refractivity (Wildman–Crippen MR) is 163 cm³/mol. The summed E-state index contributed by atoms with van der Waals surface area (Å²) in [6.07, 6.45) is 7.30. The molecular weight excluding hydrogens is 502 g/mol. The maximum atomic E-state index is 13.3. The fourth-order valence-electron chi connectivity index (χ4n) is 4.55. The molecule has 0 bridgehead atoms. The molecule has 0 aliphatic carbocycles. The van der Waals surface area contributed by atoms with E-state index in [0.29, 0.717) is 17.7 Å². The number of carbonyl (C=O) groups excluding carboxylic acids is 1. The van der Waals surface area contributed by atoms with Crippen LogP contribution in [-0.4, -0.2) is 35.0 Å². The molecule has 0 radical (unpaired) electrons. The van der Waals surface area contributed by atoms with Crippen LogP contribution < -0.4 is 5.32 Å². The highest BCUT2D eigenvalue weighted by atomic mass is 32.2. The molecule has 5 heteroatoms. The zero-order valence-electron chi connectivity index (χ0n) is 22.3. The number of aryl methyl sites for hydroxylation is 1. The van der Waals surface area contributed by atoms with Crippen molar-refractivity contribution in [3.8, 4) is 11.1 Å². The molecule has 4 aromatic rings. The molecule has 198 valence electrons. The zero-order valence-corrected chi connectivity index (χ0v) is 23.1. The Balaban J connectivity index is 1.67. The van der Waals surface area contributed by atoms with Gasteiger partial charge in [-0.1, -0.05) is 97.1 Å². The van der Waals surface area contributed by atoms with Gasteiger partial charge in [0.25, 0.3) is 5.91 Å². The fraction of sp³-hybridized carbons (Fsp3) is 0.176. The number of thioether (sulfide) groups is 1. The standard InChI is InChI=1S/C34H33NO3S/c1-24-10-6-9-15-29(24)31-23-26(17-19-30(31)33(36)35-32(34(37)38)20-21-39-2)16-18-27-13-7-8-14-28(27)22-25-11-4-3-5-12-25/h3-19,23,32H,20-22H2,1-2H3,(H,35,36)(H,37,38)/b18-16+. The number of rotatable bonds is 11. The molecule has 0 aromatic heterocycles. The second-order valence-corrected chi connectivity index (χ2v) is 10.4. The van der Waals surface area contributed by atoms with E-state index >= 15 is 0 Å². The summed E-state index contributed by atoms with van der Waals surface area (Å²) in [5, 5.41) is 12.4. The summed E-state index contributed by atoms with van der Waals surface area (Å²) in [4.78, 5) is 25.1. The van der Waals surface area contributed by atoms with Gasteiger partial charge < -0.3 is 10.4 Å². The molecule has 4 aromatic carbocycles. The second kappa shape index (κ2) is 13.6. The van der Waals surface area contributed by atoms with Crippen LogP contribution in [-0.2, 0) is 11.2 Å². The number of hydrogen-bond acceptors (Lipinski definition) is 3. The molecule has 0 heterocycles. The maximum absolute atomic E-state index is 13.3. The van der Waals surface area contributed by atoms with Crippen LogP contribution in [0.2, 0.25) is 0 Å². The first kappa shape index (κ1) is 27.9. The van der Waals surface area contributed by atoms with Crippen molar-refractivity contribution in [1.29, 1.82) is 0 Å². The number of benzene rings is 4. The molecule has 39 heavy (non-hydrogen) atoms. The number of carbonyl (C=O) groups is 2. The van der Waals surface area contributed by atoms with Gasteiger partial charge >= 0.3 is 5.97 Å². The van der Waals surface area contributed by atoms with Crippen LogP contribution in [0, 0.1) is 6.92 Å². The molecule has 0 aliphatic rings. The lowest BCUT2D eigenvalue weighted by atomic mass is 9.93. The zero-order chi connectivity index (χ0) is 27.6. The second-order valence-electron chi connectivity index (χ2n) is 9.46. The lowest BCUT2D eigenvalue weighted by molar-refractivity contribution is -0.139. The molecule has 0 saturated carbocycles. The van der Waals surface area contributed by atoms with Gasteiger partial charge in [0.15, 0.2) is 0 Å². The Kier molecular flexibility index (Phi) is 9.76. The predicted octanol–water partition coefficient (Wildman–Crippen LogP) is 7.36. The van der Waals surface area contributed by atoms with Crippen LogP contribution >= 0.6 is 11.8 Å². The molecule has 2 N–H and O–H groups in total. The average molecular weight is 536 g/mol. The third kappa shape index (κ3) is 7.49. The minimum absolute atomic E-state index is 0.366. The first-order valence-electron chi connectivity index (χ1n) is 13.0. The Labute approximate surface area is 234 Å². The lowest BCUT2D eigenvalue weighted by Crippen LogP contribution is -2.41. The molecule has 1 atom stereocenters. The smallest absolute Gasteiger partial charge is 0.326 e. The Hall–Kier alpha value is -4.09. The van der Waals surface area contributed by atoms with Crippen molar-refractivity contribution in [3.05, 3.63) is 130 Å². The van der Waals surface area contributed by atoms with Crippen LogP contribution in [0.4, 0.5) is 0 Å². The third-order valence-electron chi connectivity index (χ3n) is 6.69. The fourth-order valence-corrected chi connectivity index (χ4v) is 5.02. The number of aliphatic carboxylic acids is 1. The summed E-state index contributed by atoms with van der Waals surface area (Å²) < 4.78 is 0. The molecule has 1 unspecified atom stereocenters. The van der Waals surface area contributed by atoms with Crippen LogP contribution in [0.1, 0.15) is 44.6 Å². The number of carboxylic acid groups (broad SMARTS) is 1. The highest BCUT2D eigenvalue weighted by Gasteiger charge is 2.22. The SMILES string of the molecule is CSCCC(NC(=O)c1ccc(/C=C/c2ccccc2Cc2ccccc2)cc1-c1ccccc1C)C(=O)O. The summed E-state index contributed by atoms with van der Waals surface area (Å²) in [6.45, 7) is 2.01. The Morgan fingerprint density at radius 2 is 1.59 bits per heavy atom. The van der Waals surface area contributed by atoms with E-state index in [1.54, 1.807) is 17.8 Å². The quantitative estimate of drug-likeness (QED) is 0.197. The molecule has 4 nitrogen and oxygen atoms in total. The van der Waals surface area contributed by atoms with Gasteiger partial charge in [-0.05, 0) is 82.9 Å². The van der Waals surface area contributed by atoms with E-state index in [0.717, 1.165) is 34.2 Å². The van der Waals surface area contributed by atoms with Gasteiger partial charge in [0.2, 0.25) is 0 Å². The molecule has 0 fully saturated rings. The van der Waals surface area contributed by atoms with Crippen molar-refractivity contribution < 1.29 is 14.7 Å². The van der Waals surface area contributed by atoms with Crippen LogP contribution in [0.3, 0.4) is 0 Å². The van der Waals surface area contributed by atoms with Crippen LogP contribution in [0.5, 0.6) is 0 Å². The number of amides is 1. The topological polar surface area (TPSA) is 66.4 Å². The summed E-state index contributed by atoms with van der Waals surface area (Å²) in [7, 11) is 0. The third-order valence-corrected chi connectivity index (χ3v) is 7.33. The summed E-state index contributed by atoms with van der Waals surface area (Å²) in [5.41, 5.74) is 7.81. The van der Waals surface area contributed by atoms with Crippen molar-refractivity contribution in [1.82, 2.24) is 5.32 Å². The highest BCUT2D eigenvalue weighted by Crippen LogP contribution is 2.29. The van der Waals surface area contributed by atoms with Gasteiger partial charge in [0.05, 0.1) is 0 Å². The van der Waals surface area contributed by atoms with Crippen LogP contribution in [0.25, 0.3) is 23.3 Å². The van der Waals surface area contributed by atoms with E-state index in [2.05, 4.69) is 59.9 Å². The number of carboxylic acids is 1. The molecule has 0 saturated heterocycles.